The van der Waals surface area contributed by atoms with Gasteiger partial charge in [-0.05, 0) is 31.5 Å². The summed E-state index contributed by atoms with van der Waals surface area (Å²) in [5, 5.41) is 0. The SMILES string of the molecule is CCc1nc(-c2cc(F)cc(Br)c2)[nH]c(=O)c1C. The first-order chi connectivity index (χ1) is 8.51. The zero-order chi connectivity index (χ0) is 13.3. The van der Waals surface area contributed by atoms with Crippen molar-refractivity contribution in [1.29, 1.82) is 0 Å². The highest BCUT2D eigenvalue weighted by Gasteiger charge is 2.09. The predicted octanol–water partition coefficient (Wildman–Crippen LogP) is 3.21. The maximum Gasteiger partial charge on any atom is 0.254 e. The lowest BCUT2D eigenvalue weighted by atomic mass is 10.1. The fourth-order valence-electron chi connectivity index (χ4n) is 1.75. The molecule has 1 aromatic carbocycles. The Morgan fingerprint density at radius 3 is 2.72 bits per heavy atom. The summed E-state index contributed by atoms with van der Waals surface area (Å²) in [4.78, 5) is 18.8. The van der Waals surface area contributed by atoms with Crippen LogP contribution >= 0.6 is 15.9 Å². The van der Waals surface area contributed by atoms with Crippen molar-refractivity contribution < 1.29 is 4.39 Å². The lowest BCUT2D eigenvalue weighted by Crippen LogP contribution is -2.15. The largest absolute Gasteiger partial charge is 0.306 e. The van der Waals surface area contributed by atoms with E-state index >= 15 is 0 Å². The number of benzene rings is 1. The molecule has 0 spiro atoms. The first-order valence-corrected chi connectivity index (χ1v) is 6.37. The van der Waals surface area contributed by atoms with E-state index in [1.54, 1.807) is 13.0 Å². The lowest BCUT2D eigenvalue weighted by Gasteiger charge is -2.06. The highest BCUT2D eigenvalue weighted by Crippen LogP contribution is 2.21. The predicted molar refractivity (Wildman–Crippen MR) is 72.1 cm³/mol. The summed E-state index contributed by atoms with van der Waals surface area (Å²) in [6, 6.07) is 4.42. The van der Waals surface area contributed by atoms with E-state index in [9.17, 15) is 9.18 Å². The van der Waals surface area contributed by atoms with E-state index in [1.165, 1.54) is 12.1 Å². The zero-order valence-corrected chi connectivity index (χ0v) is 11.6. The van der Waals surface area contributed by atoms with Crippen molar-refractivity contribution in [2.75, 3.05) is 0 Å². The van der Waals surface area contributed by atoms with E-state index in [4.69, 9.17) is 0 Å². The number of H-pyrrole nitrogens is 1. The van der Waals surface area contributed by atoms with Crippen molar-refractivity contribution in [3.05, 3.63) is 50.1 Å². The first kappa shape index (κ1) is 13.0. The second kappa shape index (κ2) is 5.02. The maximum absolute atomic E-state index is 13.3. The molecule has 0 radical (unpaired) electrons. The maximum atomic E-state index is 13.3. The molecular formula is C13H12BrFN2O. The number of aromatic nitrogens is 2. The molecule has 1 aromatic heterocycles. The summed E-state index contributed by atoms with van der Waals surface area (Å²) < 4.78 is 13.9. The second-order valence-electron chi connectivity index (χ2n) is 4.00. The molecule has 3 nitrogen and oxygen atoms in total. The van der Waals surface area contributed by atoms with Gasteiger partial charge >= 0.3 is 0 Å². The Morgan fingerprint density at radius 1 is 1.39 bits per heavy atom. The molecule has 18 heavy (non-hydrogen) atoms. The number of nitrogens with zero attached hydrogens (tertiary/aromatic N) is 1. The third kappa shape index (κ3) is 2.51. The molecular weight excluding hydrogens is 299 g/mol. The monoisotopic (exact) mass is 310 g/mol. The second-order valence-corrected chi connectivity index (χ2v) is 4.91. The molecule has 0 saturated carbocycles. The van der Waals surface area contributed by atoms with Crippen LogP contribution in [0.1, 0.15) is 18.2 Å². The number of rotatable bonds is 2. The Morgan fingerprint density at radius 2 is 2.11 bits per heavy atom. The molecule has 94 valence electrons. The molecule has 0 saturated heterocycles. The third-order valence-corrected chi connectivity index (χ3v) is 3.18. The van der Waals surface area contributed by atoms with E-state index < -0.39 is 0 Å². The van der Waals surface area contributed by atoms with Crippen LogP contribution in [-0.2, 0) is 6.42 Å². The topological polar surface area (TPSA) is 45.8 Å². The molecule has 1 heterocycles. The normalized spacial score (nSPS) is 10.7. The molecule has 0 amide bonds. The van der Waals surface area contributed by atoms with Gasteiger partial charge in [0.05, 0.1) is 5.69 Å². The molecule has 0 aliphatic heterocycles. The molecule has 0 aliphatic rings. The quantitative estimate of drug-likeness (QED) is 0.925. The van der Waals surface area contributed by atoms with Crippen LogP contribution < -0.4 is 5.56 Å². The minimum Gasteiger partial charge on any atom is -0.306 e. The summed E-state index contributed by atoms with van der Waals surface area (Å²) in [6.45, 7) is 3.66. The molecule has 0 unspecified atom stereocenters. The average molecular weight is 311 g/mol. The van der Waals surface area contributed by atoms with Crippen LogP contribution in [0.5, 0.6) is 0 Å². The molecule has 0 fully saturated rings. The van der Waals surface area contributed by atoms with Crippen molar-refractivity contribution in [3.63, 3.8) is 0 Å². The molecule has 2 aromatic rings. The van der Waals surface area contributed by atoms with Gasteiger partial charge in [0.1, 0.15) is 11.6 Å². The summed E-state index contributed by atoms with van der Waals surface area (Å²) in [5.41, 5.74) is 1.71. The summed E-state index contributed by atoms with van der Waals surface area (Å²) in [5.74, 6) is 0.0169. The Labute approximate surface area is 112 Å². The number of halogens is 2. The lowest BCUT2D eigenvalue weighted by molar-refractivity contribution is 0.627. The van der Waals surface area contributed by atoms with Gasteiger partial charge in [0.2, 0.25) is 0 Å². The molecule has 1 N–H and O–H groups in total. The van der Waals surface area contributed by atoms with E-state index in [2.05, 4.69) is 25.9 Å². The van der Waals surface area contributed by atoms with Crippen molar-refractivity contribution in [2.45, 2.75) is 20.3 Å². The van der Waals surface area contributed by atoms with Gasteiger partial charge in [-0.25, -0.2) is 9.37 Å². The number of aryl methyl sites for hydroxylation is 1. The molecule has 0 bridgehead atoms. The van der Waals surface area contributed by atoms with Gasteiger partial charge in [-0.15, -0.1) is 0 Å². The number of nitrogens with one attached hydrogen (secondary N) is 1. The van der Waals surface area contributed by atoms with Crippen molar-refractivity contribution >= 4 is 15.9 Å². The Balaban J connectivity index is 2.64. The van der Waals surface area contributed by atoms with Crippen LogP contribution in [0.2, 0.25) is 0 Å². The van der Waals surface area contributed by atoms with Crippen molar-refractivity contribution in [1.82, 2.24) is 9.97 Å². The number of aromatic amines is 1. The highest BCUT2D eigenvalue weighted by atomic mass is 79.9. The fraction of sp³-hybridized carbons (Fsp3) is 0.231. The van der Waals surface area contributed by atoms with Crippen LogP contribution in [0.4, 0.5) is 4.39 Å². The van der Waals surface area contributed by atoms with Crippen molar-refractivity contribution in [2.24, 2.45) is 0 Å². The van der Waals surface area contributed by atoms with Crippen LogP contribution in [-0.4, -0.2) is 9.97 Å². The fourth-order valence-corrected chi connectivity index (χ4v) is 2.22. The molecule has 5 heteroatoms. The highest BCUT2D eigenvalue weighted by molar-refractivity contribution is 9.10. The standard InChI is InChI=1S/C13H12BrFN2O/c1-3-11-7(2)13(18)17-12(16-11)8-4-9(14)6-10(15)5-8/h4-6H,3H2,1-2H3,(H,16,17,18). The average Bonchev–Trinajstić information content (AvgIpc) is 2.31. The van der Waals surface area contributed by atoms with Crippen molar-refractivity contribution in [3.8, 4) is 11.4 Å². The van der Waals surface area contributed by atoms with Gasteiger partial charge in [0, 0.05) is 15.6 Å². The van der Waals surface area contributed by atoms with Crippen LogP contribution in [0.25, 0.3) is 11.4 Å². The van der Waals surface area contributed by atoms with Crippen LogP contribution in [0.3, 0.4) is 0 Å². The Kier molecular flexibility index (Phi) is 3.61. The van der Waals surface area contributed by atoms with E-state index in [0.29, 0.717) is 27.8 Å². The number of hydrogen-bond acceptors (Lipinski definition) is 2. The zero-order valence-electron chi connectivity index (χ0n) is 10.1. The summed E-state index contributed by atoms with van der Waals surface area (Å²) >= 11 is 3.22. The van der Waals surface area contributed by atoms with E-state index in [-0.39, 0.29) is 11.4 Å². The van der Waals surface area contributed by atoms with Gasteiger partial charge in [-0.1, -0.05) is 22.9 Å². The smallest absolute Gasteiger partial charge is 0.254 e. The summed E-state index contributed by atoms with van der Waals surface area (Å²) in [7, 11) is 0. The summed E-state index contributed by atoms with van der Waals surface area (Å²) in [6.07, 6.45) is 0.666. The van der Waals surface area contributed by atoms with Gasteiger partial charge < -0.3 is 4.98 Å². The van der Waals surface area contributed by atoms with Gasteiger partial charge in [0.25, 0.3) is 5.56 Å². The van der Waals surface area contributed by atoms with Crippen LogP contribution in [0, 0.1) is 12.7 Å². The number of hydrogen-bond donors (Lipinski definition) is 1. The molecule has 0 aliphatic carbocycles. The minimum absolute atomic E-state index is 0.183. The van der Waals surface area contributed by atoms with E-state index in [0.717, 1.165) is 5.69 Å². The van der Waals surface area contributed by atoms with Gasteiger partial charge in [-0.2, -0.15) is 0 Å². The van der Waals surface area contributed by atoms with Crippen LogP contribution in [0.15, 0.2) is 27.5 Å². The first-order valence-electron chi connectivity index (χ1n) is 5.57. The molecule has 2 rings (SSSR count). The Bertz CT molecular complexity index is 632. The third-order valence-electron chi connectivity index (χ3n) is 2.72. The van der Waals surface area contributed by atoms with E-state index in [1.807, 2.05) is 6.92 Å². The molecule has 0 atom stereocenters. The van der Waals surface area contributed by atoms with Gasteiger partial charge in [-0.3, -0.25) is 4.79 Å². The van der Waals surface area contributed by atoms with Gasteiger partial charge in [0.15, 0.2) is 0 Å². The Hall–Kier alpha value is -1.49. The minimum atomic E-state index is -0.374.